The lowest BCUT2D eigenvalue weighted by Gasteiger charge is -2.23. The number of fused-ring (bicyclic) bond motifs is 2. The Balaban J connectivity index is 1.19. The van der Waals surface area contributed by atoms with Crippen molar-refractivity contribution in [3.05, 3.63) is 90.1 Å². The van der Waals surface area contributed by atoms with Gasteiger partial charge in [-0.05, 0) is 36.2 Å². The van der Waals surface area contributed by atoms with Gasteiger partial charge in [0.1, 0.15) is 5.82 Å². The first kappa shape index (κ1) is 19.9. The summed E-state index contributed by atoms with van der Waals surface area (Å²) in [7, 11) is 0. The third kappa shape index (κ3) is 3.63. The molecule has 3 aromatic carbocycles. The van der Waals surface area contributed by atoms with Crippen molar-refractivity contribution in [2.45, 2.75) is 6.92 Å². The molecule has 2 atom stereocenters. The summed E-state index contributed by atoms with van der Waals surface area (Å²) in [6.07, 6.45) is 1.88. The summed E-state index contributed by atoms with van der Waals surface area (Å²) in [6.45, 7) is 5.51. The molecule has 1 amide bonds. The summed E-state index contributed by atoms with van der Waals surface area (Å²) in [5, 5.41) is 0. The fourth-order valence-electron chi connectivity index (χ4n) is 5.35. The van der Waals surface area contributed by atoms with E-state index in [1.54, 1.807) is 0 Å². The quantitative estimate of drug-likeness (QED) is 0.464. The number of likely N-dealkylation sites (tertiary alicyclic amines) is 1. The smallest absolute Gasteiger partial charge is 0.254 e. The Morgan fingerprint density at radius 1 is 0.848 bits per heavy atom. The number of carbonyl (C=O) groups excluding carboxylic acids is 1. The standard InChI is InChI=1S/C28H26N4O/c1-19-7-6-8-20(13-19)23-9-2-3-10-24(23)28(33)32-17-21-15-31(16-22(21)18-32)27-14-29-25-11-4-5-12-26(25)30-27/h2-14,21-22H,15-18H2,1H3. The van der Waals surface area contributed by atoms with Crippen LogP contribution in [0.3, 0.4) is 0 Å². The van der Waals surface area contributed by atoms with Gasteiger partial charge < -0.3 is 9.80 Å². The van der Waals surface area contributed by atoms with Crippen LogP contribution in [0.25, 0.3) is 22.2 Å². The molecule has 0 bridgehead atoms. The van der Waals surface area contributed by atoms with Crippen molar-refractivity contribution in [1.82, 2.24) is 14.9 Å². The van der Waals surface area contributed by atoms with Crippen molar-refractivity contribution in [1.29, 1.82) is 0 Å². The first-order valence-electron chi connectivity index (χ1n) is 11.6. The van der Waals surface area contributed by atoms with Crippen molar-refractivity contribution in [3.8, 4) is 11.1 Å². The number of nitrogens with zero attached hydrogens (tertiary/aromatic N) is 4. The molecule has 3 heterocycles. The molecule has 1 aromatic heterocycles. The molecule has 2 aliphatic heterocycles. The highest BCUT2D eigenvalue weighted by Gasteiger charge is 2.42. The van der Waals surface area contributed by atoms with E-state index >= 15 is 0 Å². The van der Waals surface area contributed by atoms with Crippen LogP contribution in [0.1, 0.15) is 15.9 Å². The minimum absolute atomic E-state index is 0.138. The van der Waals surface area contributed by atoms with Crippen molar-refractivity contribution >= 4 is 22.8 Å². The third-order valence-electron chi connectivity index (χ3n) is 7.02. The number of para-hydroxylation sites is 2. The molecule has 0 radical (unpaired) electrons. The van der Waals surface area contributed by atoms with Gasteiger partial charge in [0, 0.05) is 43.6 Å². The molecule has 2 fully saturated rings. The fraction of sp³-hybridized carbons (Fsp3) is 0.250. The number of hydrogen-bond acceptors (Lipinski definition) is 4. The number of rotatable bonds is 3. The Kier molecular flexibility index (Phi) is 4.83. The summed E-state index contributed by atoms with van der Waals surface area (Å²) < 4.78 is 0. The molecule has 0 saturated carbocycles. The Morgan fingerprint density at radius 3 is 2.36 bits per heavy atom. The zero-order valence-corrected chi connectivity index (χ0v) is 18.7. The molecular weight excluding hydrogens is 408 g/mol. The summed E-state index contributed by atoms with van der Waals surface area (Å²) in [4.78, 5) is 27.3. The Labute approximate surface area is 193 Å². The lowest BCUT2D eigenvalue weighted by atomic mass is 9.97. The van der Waals surface area contributed by atoms with E-state index in [1.807, 2.05) is 53.6 Å². The van der Waals surface area contributed by atoms with E-state index in [2.05, 4.69) is 47.1 Å². The van der Waals surface area contributed by atoms with Crippen molar-refractivity contribution in [3.63, 3.8) is 0 Å². The SMILES string of the molecule is Cc1cccc(-c2ccccc2C(=O)N2CC3CN(c4cnc5ccccc5n4)CC3C2)c1. The van der Waals surface area contributed by atoms with Crippen LogP contribution >= 0.6 is 0 Å². The van der Waals surface area contributed by atoms with Crippen LogP contribution in [0.2, 0.25) is 0 Å². The van der Waals surface area contributed by atoms with E-state index in [0.29, 0.717) is 11.8 Å². The zero-order valence-electron chi connectivity index (χ0n) is 18.7. The molecule has 164 valence electrons. The Bertz CT molecular complexity index is 1340. The van der Waals surface area contributed by atoms with Gasteiger partial charge in [-0.3, -0.25) is 9.78 Å². The predicted molar refractivity (Wildman–Crippen MR) is 131 cm³/mol. The van der Waals surface area contributed by atoms with E-state index < -0.39 is 0 Å². The van der Waals surface area contributed by atoms with Gasteiger partial charge in [-0.1, -0.05) is 60.2 Å². The molecule has 0 spiro atoms. The topological polar surface area (TPSA) is 49.3 Å². The molecule has 0 aliphatic carbocycles. The monoisotopic (exact) mass is 434 g/mol. The molecule has 5 nitrogen and oxygen atoms in total. The van der Waals surface area contributed by atoms with Crippen LogP contribution in [0.5, 0.6) is 0 Å². The number of aromatic nitrogens is 2. The normalized spacial score (nSPS) is 19.8. The summed E-state index contributed by atoms with van der Waals surface area (Å²) in [5.41, 5.74) is 5.94. The molecule has 33 heavy (non-hydrogen) atoms. The highest BCUT2D eigenvalue weighted by molar-refractivity contribution is 6.01. The second kappa shape index (κ2) is 8.00. The van der Waals surface area contributed by atoms with Gasteiger partial charge in [-0.25, -0.2) is 4.98 Å². The minimum Gasteiger partial charge on any atom is -0.355 e. The highest BCUT2D eigenvalue weighted by atomic mass is 16.2. The average Bonchev–Trinajstić information content (AvgIpc) is 3.43. The van der Waals surface area contributed by atoms with Gasteiger partial charge in [0.05, 0.1) is 17.2 Å². The number of anilines is 1. The molecule has 2 aliphatic rings. The number of amides is 1. The minimum atomic E-state index is 0.138. The van der Waals surface area contributed by atoms with E-state index in [1.165, 1.54) is 5.56 Å². The van der Waals surface area contributed by atoms with Gasteiger partial charge in [-0.15, -0.1) is 0 Å². The van der Waals surface area contributed by atoms with Crippen LogP contribution in [-0.2, 0) is 0 Å². The van der Waals surface area contributed by atoms with E-state index in [9.17, 15) is 4.79 Å². The number of benzene rings is 3. The van der Waals surface area contributed by atoms with Gasteiger partial charge in [0.15, 0.2) is 0 Å². The predicted octanol–water partition coefficient (Wildman–Crippen LogP) is 4.81. The largest absolute Gasteiger partial charge is 0.355 e. The second-order valence-electron chi connectivity index (χ2n) is 9.27. The van der Waals surface area contributed by atoms with Crippen LogP contribution in [0, 0.1) is 18.8 Å². The molecule has 4 aromatic rings. The van der Waals surface area contributed by atoms with E-state index in [0.717, 1.165) is 59.7 Å². The van der Waals surface area contributed by atoms with Gasteiger partial charge in [-0.2, -0.15) is 0 Å². The van der Waals surface area contributed by atoms with Crippen molar-refractivity contribution in [2.24, 2.45) is 11.8 Å². The van der Waals surface area contributed by atoms with Crippen LogP contribution < -0.4 is 4.90 Å². The summed E-state index contributed by atoms with van der Waals surface area (Å²) in [5.74, 6) is 2.01. The zero-order chi connectivity index (χ0) is 22.4. The summed E-state index contributed by atoms with van der Waals surface area (Å²) in [6, 6.07) is 24.3. The maximum atomic E-state index is 13.5. The van der Waals surface area contributed by atoms with Crippen LogP contribution in [-0.4, -0.2) is 47.0 Å². The number of aryl methyl sites for hydroxylation is 1. The second-order valence-corrected chi connectivity index (χ2v) is 9.27. The molecule has 5 heteroatoms. The first-order valence-corrected chi connectivity index (χ1v) is 11.6. The lowest BCUT2D eigenvalue weighted by molar-refractivity contribution is 0.0783. The maximum Gasteiger partial charge on any atom is 0.254 e. The van der Waals surface area contributed by atoms with Gasteiger partial charge >= 0.3 is 0 Å². The van der Waals surface area contributed by atoms with Crippen molar-refractivity contribution < 1.29 is 4.79 Å². The molecule has 2 unspecified atom stereocenters. The third-order valence-corrected chi connectivity index (χ3v) is 7.02. The maximum absolute atomic E-state index is 13.5. The first-order chi connectivity index (χ1) is 16.2. The molecule has 0 N–H and O–H groups in total. The fourth-order valence-corrected chi connectivity index (χ4v) is 5.35. The molecular formula is C28H26N4O. The average molecular weight is 435 g/mol. The Morgan fingerprint density at radius 2 is 1.58 bits per heavy atom. The van der Waals surface area contributed by atoms with Crippen LogP contribution in [0.15, 0.2) is 79.0 Å². The van der Waals surface area contributed by atoms with E-state index in [4.69, 9.17) is 4.98 Å². The Hall–Kier alpha value is -3.73. The van der Waals surface area contributed by atoms with Gasteiger partial charge in [0.25, 0.3) is 5.91 Å². The van der Waals surface area contributed by atoms with E-state index in [-0.39, 0.29) is 5.91 Å². The van der Waals surface area contributed by atoms with Crippen molar-refractivity contribution in [2.75, 3.05) is 31.1 Å². The highest BCUT2D eigenvalue weighted by Crippen LogP contribution is 2.35. The molecule has 6 rings (SSSR count). The lowest BCUT2D eigenvalue weighted by Crippen LogP contribution is -2.33. The summed E-state index contributed by atoms with van der Waals surface area (Å²) >= 11 is 0. The van der Waals surface area contributed by atoms with Gasteiger partial charge in [0.2, 0.25) is 0 Å². The van der Waals surface area contributed by atoms with Crippen LogP contribution in [0.4, 0.5) is 5.82 Å². The molecule has 2 saturated heterocycles. The number of carbonyl (C=O) groups is 1. The number of hydrogen-bond donors (Lipinski definition) is 0.